The minimum Gasteiger partial charge on any atom is -0.356 e. The standard InChI is InChI=1S/C29H58N2/c1-5-7-9-11-13-15-16-17-18-20-22-24-29-30(26-27-31(29)28(3)4)25-23-21-19-14-12-10-8-6-2/h26-29H,5-25H2,1-4H3. The van der Waals surface area contributed by atoms with E-state index in [9.17, 15) is 0 Å². The van der Waals surface area contributed by atoms with Gasteiger partial charge in [-0.15, -0.1) is 0 Å². The third-order valence-electron chi connectivity index (χ3n) is 7.09. The molecular weight excluding hydrogens is 376 g/mol. The van der Waals surface area contributed by atoms with Crippen LogP contribution in [0.2, 0.25) is 0 Å². The van der Waals surface area contributed by atoms with E-state index in [-0.39, 0.29) is 0 Å². The molecule has 1 unspecified atom stereocenters. The van der Waals surface area contributed by atoms with E-state index in [1.54, 1.807) is 0 Å². The fraction of sp³-hybridized carbons (Fsp3) is 0.931. The highest BCUT2D eigenvalue weighted by molar-refractivity contribution is 4.98. The lowest BCUT2D eigenvalue weighted by Gasteiger charge is -2.35. The van der Waals surface area contributed by atoms with E-state index in [1.807, 2.05) is 0 Å². The summed E-state index contributed by atoms with van der Waals surface area (Å²) in [4.78, 5) is 5.24. The van der Waals surface area contributed by atoms with Crippen molar-refractivity contribution < 1.29 is 0 Å². The summed E-state index contributed by atoms with van der Waals surface area (Å²) < 4.78 is 0. The minimum absolute atomic E-state index is 0.609. The van der Waals surface area contributed by atoms with Crippen molar-refractivity contribution in [3.05, 3.63) is 12.4 Å². The van der Waals surface area contributed by atoms with Gasteiger partial charge in [0.1, 0.15) is 6.17 Å². The normalized spacial score (nSPS) is 16.2. The Bertz CT molecular complexity index is 404. The number of rotatable bonds is 22. The lowest BCUT2D eigenvalue weighted by Crippen LogP contribution is -2.42. The van der Waals surface area contributed by atoms with E-state index >= 15 is 0 Å². The molecule has 1 aliphatic rings. The van der Waals surface area contributed by atoms with E-state index < -0.39 is 0 Å². The SMILES string of the molecule is CCCCCCCCCCCCCC1N(CCCCCCCCCC)C=CN1C(C)C. The molecule has 1 rings (SSSR count). The van der Waals surface area contributed by atoms with Gasteiger partial charge < -0.3 is 9.80 Å². The van der Waals surface area contributed by atoms with Crippen LogP contribution in [0.5, 0.6) is 0 Å². The lowest BCUT2D eigenvalue weighted by atomic mass is 10.0. The molecule has 0 saturated heterocycles. The van der Waals surface area contributed by atoms with Crippen molar-refractivity contribution in [2.24, 2.45) is 0 Å². The summed E-state index contributed by atoms with van der Waals surface area (Å²) in [5.41, 5.74) is 0. The Kier molecular flexibility index (Phi) is 18.3. The second-order valence-electron chi connectivity index (χ2n) is 10.4. The predicted molar refractivity (Wildman–Crippen MR) is 140 cm³/mol. The summed E-state index contributed by atoms with van der Waals surface area (Å²) in [5, 5.41) is 0. The molecule has 2 nitrogen and oxygen atoms in total. The van der Waals surface area contributed by atoms with Crippen LogP contribution in [-0.2, 0) is 0 Å². The van der Waals surface area contributed by atoms with Crippen molar-refractivity contribution in [3.8, 4) is 0 Å². The molecule has 0 N–H and O–H groups in total. The maximum Gasteiger partial charge on any atom is 0.101 e. The molecule has 0 radical (unpaired) electrons. The van der Waals surface area contributed by atoms with E-state index in [4.69, 9.17) is 0 Å². The molecule has 31 heavy (non-hydrogen) atoms. The zero-order chi connectivity index (χ0) is 22.6. The van der Waals surface area contributed by atoms with Crippen molar-refractivity contribution in [2.45, 2.75) is 168 Å². The predicted octanol–water partition coefficient (Wildman–Crippen LogP) is 9.65. The Labute approximate surface area is 197 Å². The van der Waals surface area contributed by atoms with Gasteiger partial charge in [0, 0.05) is 25.0 Å². The molecule has 0 bridgehead atoms. The zero-order valence-electron chi connectivity index (χ0n) is 22.1. The van der Waals surface area contributed by atoms with Gasteiger partial charge in [-0.25, -0.2) is 0 Å². The Hall–Kier alpha value is -0.660. The first-order valence-corrected chi connectivity index (χ1v) is 14.4. The fourth-order valence-corrected chi connectivity index (χ4v) is 5.01. The molecule has 0 spiro atoms. The van der Waals surface area contributed by atoms with E-state index in [1.165, 1.54) is 135 Å². The van der Waals surface area contributed by atoms with Gasteiger partial charge in [-0.3, -0.25) is 0 Å². The van der Waals surface area contributed by atoms with E-state index in [2.05, 4.69) is 49.9 Å². The van der Waals surface area contributed by atoms with Crippen molar-refractivity contribution >= 4 is 0 Å². The summed E-state index contributed by atoms with van der Waals surface area (Å²) in [6, 6.07) is 0.609. The summed E-state index contributed by atoms with van der Waals surface area (Å²) in [7, 11) is 0. The van der Waals surface area contributed by atoms with Gasteiger partial charge in [0.05, 0.1) is 0 Å². The van der Waals surface area contributed by atoms with E-state index in [0.29, 0.717) is 12.2 Å². The molecule has 0 aliphatic carbocycles. The highest BCUT2D eigenvalue weighted by atomic mass is 15.4. The first-order valence-electron chi connectivity index (χ1n) is 14.4. The molecular formula is C29H58N2. The molecule has 0 fully saturated rings. The smallest absolute Gasteiger partial charge is 0.101 e. The van der Waals surface area contributed by atoms with Crippen molar-refractivity contribution in [1.29, 1.82) is 0 Å². The number of hydrogen-bond donors (Lipinski definition) is 0. The second kappa shape index (κ2) is 20.0. The van der Waals surface area contributed by atoms with Crippen molar-refractivity contribution in [2.75, 3.05) is 6.54 Å². The Morgan fingerprint density at radius 3 is 1.42 bits per heavy atom. The lowest BCUT2D eigenvalue weighted by molar-refractivity contribution is 0.114. The molecule has 0 aromatic carbocycles. The first kappa shape index (κ1) is 28.4. The van der Waals surface area contributed by atoms with Gasteiger partial charge in [-0.2, -0.15) is 0 Å². The van der Waals surface area contributed by atoms with Crippen LogP contribution in [0.15, 0.2) is 12.4 Å². The van der Waals surface area contributed by atoms with Crippen molar-refractivity contribution in [1.82, 2.24) is 9.80 Å². The molecule has 0 saturated carbocycles. The fourth-order valence-electron chi connectivity index (χ4n) is 5.01. The molecule has 184 valence electrons. The van der Waals surface area contributed by atoms with Gasteiger partial charge in [-0.1, -0.05) is 123 Å². The number of unbranched alkanes of at least 4 members (excludes halogenated alkanes) is 17. The maximum absolute atomic E-state index is 2.65. The second-order valence-corrected chi connectivity index (χ2v) is 10.4. The Balaban J connectivity index is 2.11. The van der Waals surface area contributed by atoms with Gasteiger partial charge in [0.25, 0.3) is 0 Å². The zero-order valence-corrected chi connectivity index (χ0v) is 22.1. The van der Waals surface area contributed by atoms with E-state index in [0.717, 1.165) is 0 Å². The highest BCUT2D eigenvalue weighted by Crippen LogP contribution is 2.25. The quantitative estimate of drug-likeness (QED) is 0.156. The number of hydrogen-bond acceptors (Lipinski definition) is 2. The summed E-state index contributed by atoms with van der Waals surface area (Å²) >= 11 is 0. The molecule has 1 atom stereocenters. The van der Waals surface area contributed by atoms with Crippen molar-refractivity contribution in [3.63, 3.8) is 0 Å². The number of nitrogens with zero attached hydrogens (tertiary/aromatic N) is 2. The van der Waals surface area contributed by atoms with Crippen LogP contribution in [0.1, 0.15) is 156 Å². The van der Waals surface area contributed by atoms with Crippen LogP contribution >= 0.6 is 0 Å². The Morgan fingerprint density at radius 1 is 0.548 bits per heavy atom. The molecule has 2 heteroatoms. The third kappa shape index (κ3) is 14.2. The minimum atomic E-state index is 0.609. The Morgan fingerprint density at radius 2 is 0.968 bits per heavy atom. The van der Waals surface area contributed by atoms with Gasteiger partial charge >= 0.3 is 0 Å². The maximum atomic E-state index is 2.65. The van der Waals surface area contributed by atoms with Crippen LogP contribution in [-0.4, -0.2) is 28.6 Å². The van der Waals surface area contributed by atoms with Gasteiger partial charge in [-0.05, 0) is 33.1 Å². The topological polar surface area (TPSA) is 6.48 Å². The van der Waals surface area contributed by atoms with Crippen LogP contribution in [0, 0.1) is 0 Å². The summed E-state index contributed by atoms with van der Waals surface area (Å²) in [6.45, 7) is 10.5. The molecule has 1 heterocycles. The van der Waals surface area contributed by atoms with Crippen LogP contribution in [0.3, 0.4) is 0 Å². The highest BCUT2D eigenvalue weighted by Gasteiger charge is 2.26. The third-order valence-corrected chi connectivity index (χ3v) is 7.09. The monoisotopic (exact) mass is 434 g/mol. The average Bonchev–Trinajstić information content (AvgIpc) is 3.17. The summed E-state index contributed by atoms with van der Waals surface area (Å²) in [5.74, 6) is 0. The average molecular weight is 435 g/mol. The van der Waals surface area contributed by atoms with Gasteiger partial charge in [0.2, 0.25) is 0 Å². The largest absolute Gasteiger partial charge is 0.356 e. The van der Waals surface area contributed by atoms with Crippen LogP contribution in [0.4, 0.5) is 0 Å². The molecule has 0 aromatic heterocycles. The first-order chi connectivity index (χ1) is 15.2. The van der Waals surface area contributed by atoms with Crippen LogP contribution < -0.4 is 0 Å². The molecule has 0 aromatic rings. The molecule has 1 aliphatic heterocycles. The van der Waals surface area contributed by atoms with Gasteiger partial charge in [0.15, 0.2) is 0 Å². The summed E-state index contributed by atoms with van der Waals surface area (Å²) in [6.07, 6.45) is 33.8. The molecule has 0 amide bonds. The van der Waals surface area contributed by atoms with Crippen LogP contribution in [0.25, 0.3) is 0 Å².